The Balaban J connectivity index is 1.17. The van der Waals surface area contributed by atoms with Crippen molar-refractivity contribution in [1.82, 2.24) is 29.9 Å². The van der Waals surface area contributed by atoms with Crippen molar-refractivity contribution < 1.29 is 0 Å². The number of rotatable bonds is 5. The molecule has 0 aliphatic heterocycles. The standard InChI is InChI=1S/C41H26N6/c1-4-10-27(11-5-1)28-16-19-31(20-17-28)40-42-39(30-12-6-2-7-13-30)43-41(44-40)33-22-24-35-32(26-33)21-18-29-23-25-36-38(37(29)35)46-47(45-36)34-14-8-3-9-15-34/h1-26H. The average Bonchev–Trinajstić information content (AvgIpc) is 3.60. The summed E-state index contributed by atoms with van der Waals surface area (Å²) in [5, 5.41) is 14.1. The lowest BCUT2D eigenvalue weighted by molar-refractivity contribution is 0.766. The Hall–Kier alpha value is -6.53. The fraction of sp³-hybridized carbons (Fsp3) is 0. The molecule has 7 aromatic carbocycles. The molecule has 6 nitrogen and oxygen atoms in total. The third-order valence-electron chi connectivity index (χ3n) is 8.51. The summed E-state index contributed by atoms with van der Waals surface area (Å²) in [6.45, 7) is 0. The van der Waals surface area contributed by atoms with Gasteiger partial charge in [-0.05, 0) is 51.6 Å². The average molecular weight is 603 g/mol. The molecule has 0 saturated carbocycles. The largest absolute Gasteiger partial charge is 0.208 e. The maximum Gasteiger partial charge on any atom is 0.164 e. The summed E-state index contributed by atoms with van der Waals surface area (Å²) in [6.07, 6.45) is 0. The van der Waals surface area contributed by atoms with Crippen molar-refractivity contribution in [3.63, 3.8) is 0 Å². The third-order valence-corrected chi connectivity index (χ3v) is 8.51. The van der Waals surface area contributed by atoms with Gasteiger partial charge >= 0.3 is 0 Å². The zero-order chi connectivity index (χ0) is 31.2. The van der Waals surface area contributed by atoms with Gasteiger partial charge in [0, 0.05) is 22.1 Å². The van der Waals surface area contributed by atoms with E-state index in [0.29, 0.717) is 17.5 Å². The third kappa shape index (κ3) is 4.89. The molecule has 0 atom stereocenters. The Morgan fingerprint density at radius 1 is 0.383 bits per heavy atom. The second-order valence-electron chi connectivity index (χ2n) is 11.5. The highest BCUT2D eigenvalue weighted by Crippen LogP contribution is 2.34. The number of hydrogen-bond acceptors (Lipinski definition) is 5. The molecule has 47 heavy (non-hydrogen) atoms. The summed E-state index contributed by atoms with van der Waals surface area (Å²) in [4.78, 5) is 16.6. The van der Waals surface area contributed by atoms with E-state index in [1.54, 1.807) is 4.80 Å². The molecular weight excluding hydrogens is 576 g/mol. The molecule has 0 unspecified atom stereocenters. The summed E-state index contributed by atoms with van der Waals surface area (Å²) in [7, 11) is 0. The molecule has 0 N–H and O–H groups in total. The minimum absolute atomic E-state index is 0.621. The molecule has 0 spiro atoms. The van der Waals surface area contributed by atoms with E-state index in [4.69, 9.17) is 25.1 Å². The van der Waals surface area contributed by atoms with E-state index in [9.17, 15) is 0 Å². The van der Waals surface area contributed by atoms with Crippen LogP contribution in [0.3, 0.4) is 0 Å². The molecular formula is C41H26N6. The van der Waals surface area contributed by atoms with Crippen LogP contribution in [0.1, 0.15) is 0 Å². The van der Waals surface area contributed by atoms with Crippen LogP contribution in [0, 0.1) is 0 Å². The molecule has 0 fully saturated rings. The number of hydrogen-bond donors (Lipinski definition) is 0. The van der Waals surface area contributed by atoms with Crippen molar-refractivity contribution >= 4 is 32.6 Å². The summed E-state index contributed by atoms with van der Waals surface area (Å²) < 4.78 is 0. The lowest BCUT2D eigenvalue weighted by Crippen LogP contribution is -2.00. The highest BCUT2D eigenvalue weighted by Gasteiger charge is 2.15. The quantitative estimate of drug-likeness (QED) is 0.184. The van der Waals surface area contributed by atoms with E-state index in [0.717, 1.165) is 60.5 Å². The molecule has 2 heterocycles. The fourth-order valence-corrected chi connectivity index (χ4v) is 6.14. The molecule has 9 rings (SSSR count). The molecule has 9 aromatic rings. The van der Waals surface area contributed by atoms with Crippen LogP contribution in [0.25, 0.3) is 83.6 Å². The van der Waals surface area contributed by atoms with Gasteiger partial charge in [0.2, 0.25) is 0 Å². The fourth-order valence-electron chi connectivity index (χ4n) is 6.14. The van der Waals surface area contributed by atoms with Gasteiger partial charge in [-0.2, -0.15) is 4.80 Å². The van der Waals surface area contributed by atoms with E-state index in [1.807, 2.05) is 72.8 Å². The first-order valence-corrected chi connectivity index (χ1v) is 15.5. The van der Waals surface area contributed by atoms with Crippen molar-refractivity contribution in [3.05, 3.63) is 158 Å². The van der Waals surface area contributed by atoms with Gasteiger partial charge in [0.25, 0.3) is 0 Å². The second-order valence-corrected chi connectivity index (χ2v) is 11.5. The van der Waals surface area contributed by atoms with Gasteiger partial charge in [0.15, 0.2) is 17.5 Å². The maximum atomic E-state index is 5.01. The Morgan fingerprint density at radius 2 is 0.894 bits per heavy atom. The SMILES string of the molecule is c1ccc(-c2ccc(-c3nc(-c4ccccc4)nc(-c4ccc5c(ccc6ccc7nn(-c8ccccc8)nc7c65)c4)n3)cc2)cc1. The predicted molar refractivity (Wildman–Crippen MR) is 189 cm³/mol. The topological polar surface area (TPSA) is 69.4 Å². The summed E-state index contributed by atoms with van der Waals surface area (Å²) in [5.41, 5.74) is 7.75. The van der Waals surface area contributed by atoms with Crippen molar-refractivity contribution in [2.45, 2.75) is 0 Å². The molecule has 0 aliphatic carbocycles. The molecule has 6 heteroatoms. The molecule has 0 bridgehead atoms. The normalized spacial score (nSPS) is 11.4. The number of benzene rings is 7. The van der Waals surface area contributed by atoms with Gasteiger partial charge in [-0.1, -0.05) is 133 Å². The monoisotopic (exact) mass is 602 g/mol. The van der Waals surface area contributed by atoms with Crippen LogP contribution in [-0.4, -0.2) is 29.9 Å². The highest BCUT2D eigenvalue weighted by molar-refractivity contribution is 6.18. The van der Waals surface area contributed by atoms with E-state index in [2.05, 4.69) is 84.9 Å². The zero-order valence-electron chi connectivity index (χ0n) is 25.2. The number of nitrogens with zero attached hydrogens (tertiary/aromatic N) is 6. The van der Waals surface area contributed by atoms with Crippen molar-refractivity contribution in [3.8, 4) is 51.0 Å². The van der Waals surface area contributed by atoms with Crippen LogP contribution in [0.15, 0.2) is 158 Å². The van der Waals surface area contributed by atoms with Gasteiger partial charge in [-0.3, -0.25) is 0 Å². The molecule has 2 aromatic heterocycles. The lowest BCUT2D eigenvalue weighted by Gasteiger charge is -2.10. The van der Waals surface area contributed by atoms with E-state index in [-0.39, 0.29) is 0 Å². The van der Waals surface area contributed by atoms with Crippen LogP contribution in [0.2, 0.25) is 0 Å². The zero-order valence-corrected chi connectivity index (χ0v) is 25.2. The van der Waals surface area contributed by atoms with Crippen molar-refractivity contribution in [2.24, 2.45) is 0 Å². The Morgan fingerprint density at radius 3 is 1.60 bits per heavy atom. The van der Waals surface area contributed by atoms with Crippen LogP contribution in [0.5, 0.6) is 0 Å². The smallest absolute Gasteiger partial charge is 0.164 e. The summed E-state index contributed by atoms with van der Waals surface area (Å²) in [6, 6.07) is 53.7. The van der Waals surface area contributed by atoms with E-state index in [1.165, 1.54) is 5.56 Å². The van der Waals surface area contributed by atoms with Crippen LogP contribution < -0.4 is 0 Å². The maximum absolute atomic E-state index is 5.01. The predicted octanol–water partition coefficient (Wildman–Crippen LogP) is 9.58. The van der Waals surface area contributed by atoms with E-state index >= 15 is 0 Å². The molecule has 0 aliphatic rings. The summed E-state index contributed by atoms with van der Waals surface area (Å²) in [5.74, 6) is 1.89. The van der Waals surface area contributed by atoms with Gasteiger partial charge in [0.1, 0.15) is 11.0 Å². The van der Waals surface area contributed by atoms with E-state index < -0.39 is 0 Å². The minimum atomic E-state index is 0.621. The van der Waals surface area contributed by atoms with Crippen molar-refractivity contribution in [2.75, 3.05) is 0 Å². The van der Waals surface area contributed by atoms with Crippen LogP contribution in [-0.2, 0) is 0 Å². The number of fused-ring (bicyclic) bond motifs is 5. The summed E-state index contributed by atoms with van der Waals surface area (Å²) >= 11 is 0. The first-order chi connectivity index (χ1) is 23.3. The molecule has 0 amide bonds. The second kappa shape index (κ2) is 11.1. The lowest BCUT2D eigenvalue weighted by atomic mass is 9.99. The Kier molecular flexibility index (Phi) is 6.35. The first kappa shape index (κ1) is 26.8. The first-order valence-electron chi connectivity index (χ1n) is 15.5. The van der Waals surface area contributed by atoms with Gasteiger partial charge < -0.3 is 0 Å². The number of para-hydroxylation sites is 1. The highest BCUT2D eigenvalue weighted by atomic mass is 15.5. The van der Waals surface area contributed by atoms with Crippen LogP contribution >= 0.6 is 0 Å². The van der Waals surface area contributed by atoms with Crippen LogP contribution in [0.4, 0.5) is 0 Å². The van der Waals surface area contributed by atoms with Gasteiger partial charge in [-0.25, -0.2) is 15.0 Å². The van der Waals surface area contributed by atoms with Crippen molar-refractivity contribution in [1.29, 1.82) is 0 Å². The number of aromatic nitrogens is 6. The Labute approximate surface area is 270 Å². The Bertz CT molecular complexity index is 2540. The van der Waals surface area contributed by atoms with Gasteiger partial charge in [-0.15, -0.1) is 10.2 Å². The molecule has 0 saturated heterocycles. The minimum Gasteiger partial charge on any atom is -0.208 e. The molecule has 220 valence electrons. The molecule has 0 radical (unpaired) electrons. The van der Waals surface area contributed by atoms with Gasteiger partial charge in [0.05, 0.1) is 5.69 Å².